The first-order valence-electron chi connectivity index (χ1n) is 10.6. The number of piperazine rings is 1. The van der Waals surface area contributed by atoms with Crippen LogP contribution in [0.15, 0.2) is 54.6 Å². The van der Waals surface area contributed by atoms with Gasteiger partial charge in [-0.1, -0.05) is 42.5 Å². The van der Waals surface area contributed by atoms with E-state index in [0.717, 1.165) is 74.1 Å². The maximum Gasteiger partial charge on any atom is 0.226 e. The zero-order chi connectivity index (χ0) is 20.3. The normalized spacial score (nSPS) is 15.8. The zero-order valence-corrected chi connectivity index (χ0v) is 17.3. The van der Waals surface area contributed by atoms with Crippen LogP contribution in [0.3, 0.4) is 0 Å². The Bertz CT molecular complexity index is 1130. The molecule has 1 N–H and O–H groups in total. The zero-order valence-electron chi connectivity index (χ0n) is 17.3. The van der Waals surface area contributed by atoms with E-state index < -0.39 is 0 Å². The fourth-order valence-corrected chi connectivity index (χ4v) is 4.11. The van der Waals surface area contributed by atoms with Gasteiger partial charge in [0.25, 0.3) is 0 Å². The Hall–Kier alpha value is -3.03. The summed E-state index contributed by atoms with van der Waals surface area (Å²) < 4.78 is 1.83. The SMILES string of the molecule is Cc1nc2c3ccccc3nc(NCCN3CCN(Cc4ccccc4)CC3)n2n1. The Labute approximate surface area is 176 Å². The molecule has 3 heterocycles. The van der Waals surface area contributed by atoms with Gasteiger partial charge in [-0.2, -0.15) is 4.52 Å². The third-order valence-electron chi connectivity index (χ3n) is 5.71. The highest BCUT2D eigenvalue weighted by atomic mass is 15.4. The Balaban J connectivity index is 1.19. The molecule has 1 aliphatic heterocycles. The van der Waals surface area contributed by atoms with E-state index in [0.29, 0.717) is 0 Å². The standard InChI is InChI=1S/C23H27N7/c1-18-25-22-20-9-5-6-10-21(20)26-23(30(22)27-18)24-11-12-28-13-15-29(16-14-28)17-19-7-3-2-4-8-19/h2-10H,11-17H2,1H3,(H,24,26). The van der Waals surface area contributed by atoms with Gasteiger partial charge in [0.05, 0.1) is 5.52 Å². The second-order valence-electron chi connectivity index (χ2n) is 7.88. The molecule has 1 saturated heterocycles. The van der Waals surface area contributed by atoms with Crippen LogP contribution in [0, 0.1) is 6.92 Å². The maximum atomic E-state index is 4.78. The van der Waals surface area contributed by atoms with Crippen molar-refractivity contribution in [3.8, 4) is 0 Å². The minimum atomic E-state index is 0.755. The molecule has 1 fully saturated rings. The first-order valence-corrected chi connectivity index (χ1v) is 10.6. The molecule has 0 aliphatic carbocycles. The molecule has 1 aliphatic rings. The topological polar surface area (TPSA) is 61.6 Å². The number of benzene rings is 2. The fourth-order valence-electron chi connectivity index (χ4n) is 4.11. The molecule has 0 spiro atoms. The molecule has 0 amide bonds. The van der Waals surface area contributed by atoms with E-state index in [4.69, 9.17) is 4.98 Å². The van der Waals surface area contributed by atoms with Gasteiger partial charge in [-0.25, -0.2) is 9.97 Å². The second kappa shape index (κ2) is 8.38. The molecule has 5 rings (SSSR count). The second-order valence-corrected chi connectivity index (χ2v) is 7.88. The van der Waals surface area contributed by atoms with Gasteiger partial charge >= 0.3 is 0 Å². The number of rotatable bonds is 6. The van der Waals surface area contributed by atoms with Crippen molar-refractivity contribution in [3.63, 3.8) is 0 Å². The Kier molecular flexibility index (Phi) is 5.29. The van der Waals surface area contributed by atoms with Crippen LogP contribution in [0.5, 0.6) is 0 Å². The average molecular weight is 402 g/mol. The van der Waals surface area contributed by atoms with Crippen LogP contribution < -0.4 is 5.32 Å². The predicted octanol–water partition coefficient (Wildman–Crippen LogP) is 2.82. The Morgan fingerprint density at radius 3 is 2.43 bits per heavy atom. The van der Waals surface area contributed by atoms with Crippen LogP contribution in [0.4, 0.5) is 5.95 Å². The average Bonchev–Trinajstić information content (AvgIpc) is 3.18. The summed E-state index contributed by atoms with van der Waals surface area (Å²) >= 11 is 0. The van der Waals surface area contributed by atoms with Crippen LogP contribution in [0.25, 0.3) is 16.6 Å². The van der Waals surface area contributed by atoms with Crippen molar-refractivity contribution < 1.29 is 0 Å². The highest BCUT2D eigenvalue weighted by Crippen LogP contribution is 2.20. The maximum absolute atomic E-state index is 4.78. The fraction of sp³-hybridized carbons (Fsp3) is 0.348. The highest BCUT2D eigenvalue weighted by molar-refractivity contribution is 5.92. The van der Waals surface area contributed by atoms with E-state index >= 15 is 0 Å². The number of hydrogen-bond acceptors (Lipinski definition) is 6. The van der Waals surface area contributed by atoms with Gasteiger partial charge in [0.2, 0.25) is 5.95 Å². The summed E-state index contributed by atoms with van der Waals surface area (Å²) in [5.41, 5.74) is 3.19. The summed E-state index contributed by atoms with van der Waals surface area (Å²) in [5, 5.41) is 9.05. The lowest BCUT2D eigenvalue weighted by Gasteiger charge is -2.34. The number of anilines is 1. The monoisotopic (exact) mass is 401 g/mol. The van der Waals surface area contributed by atoms with Crippen molar-refractivity contribution in [2.45, 2.75) is 13.5 Å². The molecule has 0 unspecified atom stereocenters. The molecule has 2 aromatic carbocycles. The summed E-state index contributed by atoms with van der Waals surface area (Å²) in [4.78, 5) is 14.4. The van der Waals surface area contributed by atoms with Crippen molar-refractivity contribution in [1.82, 2.24) is 29.4 Å². The highest BCUT2D eigenvalue weighted by Gasteiger charge is 2.17. The van der Waals surface area contributed by atoms with Crippen molar-refractivity contribution in [3.05, 3.63) is 66.0 Å². The molecule has 2 aromatic heterocycles. The van der Waals surface area contributed by atoms with Crippen molar-refractivity contribution in [2.75, 3.05) is 44.6 Å². The van der Waals surface area contributed by atoms with E-state index in [1.165, 1.54) is 5.56 Å². The van der Waals surface area contributed by atoms with Gasteiger partial charge in [-0.3, -0.25) is 9.80 Å². The number of aryl methyl sites for hydroxylation is 1. The summed E-state index contributed by atoms with van der Waals surface area (Å²) in [7, 11) is 0. The molecule has 7 heteroatoms. The number of para-hydroxylation sites is 1. The Morgan fingerprint density at radius 2 is 1.60 bits per heavy atom. The number of hydrogen-bond donors (Lipinski definition) is 1. The van der Waals surface area contributed by atoms with Crippen molar-refractivity contribution in [1.29, 1.82) is 0 Å². The lowest BCUT2D eigenvalue weighted by molar-refractivity contribution is 0.130. The lowest BCUT2D eigenvalue weighted by Crippen LogP contribution is -2.47. The predicted molar refractivity (Wildman–Crippen MR) is 120 cm³/mol. The number of nitrogens with one attached hydrogen (secondary N) is 1. The third kappa shape index (κ3) is 3.99. The largest absolute Gasteiger partial charge is 0.353 e. The first-order chi connectivity index (χ1) is 14.8. The van der Waals surface area contributed by atoms with Crippen LogP contribution in [0.1, 0.15) is 11.4 Å². The smallest absolute Gasteiger partial charge is 0.226 e. The van der Waals surface area contributed by atoms with Crippen molar-refractivity contribution in [2.24, 2.45) is 0 Å². The molecule has 154 valence electrons. The van der Waals surface area contributed by atoms with Gasteiger partial charge in [0.15, 0.2) is 5.65 Å². The third-order valence-corrected chi connectivity index (χ3v) is 5.71. The van der Waals surface area contributed by atoms with Gasteiger partial charge in [0.1, 0.15) is 5.82 Å². The molecular weight excluding hydrogens is 374 g/mol. The van der Waals surface area contributed by atoms with E-state index in [9.17, 15) is 0 Å². The van der Waals surface area contributed by atoms with Crippen LogP contribution >= 0.6 is 0 Å². The number of aromatic nitrogens is 4. The molecule has 0 radical (unpaired) electrons. The molecule has 0 saturated carbocycles. The van der Waals surface area contributed by atoms with E-state index in [2.05, 4.69) is 55.5 Å². The summed E-state index contributed by atoms with van der Waals surface area (Å²) in [6.07, 6.45) is 0. The van der Waals surface area contributed by atoms with Gasteiger partial charge in [0, 0.05) is 51.2 Å². The summed E-state index contributed by atoms with van der Waals surface area (Å²) in [6.45, 7) is 9.18. The molecular formula is C23H27N7. The van der Waals surface area contributed by atoms with Crippen LogP contribution in [-0.2, 0) is 6.54 Å². The van der Waals surface area contributed by atoms with E-state index in [1.807, 2.05) is 35.7 Å². The summed E-state index contributed by atoms with van der Waals surface area (Å²) in [6, 6.07) is 18.8. The number of fused-ring (bicyclic) bond motifs is 3. The van der Waals surface area contributed by atoms with E-state index in [1.54, 1.807) is 0 Å². The molecule has 30 heavy (non-hydrogen) atoms. The minimum Gasteiger partial charge on any atom is -0.353 e. The van der Waals surface area contributed by atoms with E-state index in [-0.39, 0.29) is 0 Å². The van der Waals surface area contributed by atoms with Gasteiger partial charge in [-0.05, 0) is 24.6 Å². The van der Waals surface area contributed by atoms with Crippen LogP contribution in [-0.4, -0.2) is 68.7 Å². The van der Waals surface area contributed by atoms with Crippen LogP contribution in [0.2, 0.25) is 0 Å². The minimum absolute atomic E-state index is 0.755. The lowest BCUT2D eigenvalue weighted by atomic mass is 10.2. The summed E-state index contributed by atoms with van der Waals surface area (Å²) in [5.74, 6) is 1.51. The van der Waals surface area contributed by atoms with Gasteiger partial charge < -0.3 is 5.32 Å². The first kappa shape index (κ1) is 19.0. The molecule has 7 nitrogen and oxygen atoms in total. The molecule has 0 bridgehead atoms. The molecule has 0 atom stereocenters. The number of nitrogens with zero attached hydrogens (tertiary/aromatic N) is 6. The quantitative estimate of drug-likeness (QED) is 0.536. The molecule has 4 aromatic rings. The Morgan fingerprint density at radius 1 is 0.867 bits per heavy atom. The van der Waals surface area contributed by atoms with Crippen molar-refractivity contribution >= 4 is 22.5 Å². The van der Waals surface area contributed by atoms with Gasteiger partial charge in [-0.15, -0.1) is 5.10 Å².